The number of hydrogen-bond acceptors (Lipinski definition) is 7. The molecule has 0 aromatic heterocycles. The SMILES string of the molecule is NCCN(CCN)NC(=O)CC(N)C(=O)NC(Cc1ccc(C(F)(F)F)cc1)C(=O)Nc1cccc(C(F)(F)F)c1. The third-order valence-electron chi connectivity index (χ3n) is 5.63. The number of nitrogens with two attached hydrogens (primary N) is 3. The van der Waals surface area contributed by atoms with E-state index in [4.69, 9.17) is 17.2 Å². The zero-order chi connectivity index (χ0) is 30.8. The molecule has 2 rings (SSSR count). The number of carbonyl (C=O) groups excluding carboxylic acids is 3. The van der Waals surface area contributed by atoms with Crippen LogP contribution in [0.25, 0.3) is 0 Å². The van der Waals surface area contributed by atoms with Crippen molar-refractivity contribution in [2.24, 2.45) is 17.2 Å². The Morgan fingerprint density at radius 2 is 1.41 bits per heavy atom. The first-order chi connectivity index (χ1) is 19.1. The molecule has 9 N–H and O–H groups in total. The van der Waals surface area contributed by atoms with Crippen LogP contribution < -0.4 is 33.3 Å². The van der Waals surface area contributed by atoms with Crippen LogP contribution in [0.1, 0.15) is 23.1 Å². The molecule has 0 bridgehead atoms. The highest BCUT2D eigenvalue weighted by Gasteiger charge is 2.32. The van der Waals surface area contributed by atoms with Crippen LogP contribution in [0.2, 0.25) is 0 Å². The molecule has 226 valence electrons. The predicted molar refractivity (Wildman–Crippen MR) is 138 cm³/mol. The molecule has 2 unspecified atom stereocenters. The van der Waals surface area contributed by atoms with Crippen LogP contribution in [-0.4, -0.2) is 61.0 Å². The van der Waals surface area contributed by atoms with Crippen molar-refractivity contribution in [2.75, 3.05) is 31.5 Å². The molecule has 16 heteroatoms. The number of carbonyl (C=O) groups is 3. The van der Waals surface area contributed by atoms with E-state index in [0.717, 1.165) is 36.4 Å². The van der Waals surface area contributed by atoms with E-state index >= 15 is 0 Å². The molecule has 41 heavy (non-hydrogen) atoms. The first-order valence-corrected chi connectivity index (χ1v) is 12.3. The van der Waals surface area contributed by atoms with E-state index in [1.807, 2.05) is 0 Å². The number of alkyl halides is 6. The molecule has 2 aromatic rings. The fraction of sp³-hybridized carbons (Fsp3) is 0.400. The second kappa shape index (κ2) is 14.8. The van der Waals surface area contributed by atoms with Gasteiger partial charge in [0.15, 0.2) is 0 Å². The number of nitrogens with one attached hydrogen (secondary N) is 3. The summed E-state index contributed by atoms with van der Waals surface area (Å²) in [6.45, 7) is 0.962. The van der Waals surface area contributed by atoms with Gasteiger partial charge in [-0.05, 0) is 35.9 Å². The number of amides is 3. The molecule has 0 radical (unpaired) electrons. The lowest BCUT2D eigenvalue weighted by atomic mass is 10.0. The number of benzene rings is 2. The summed E-state index contributed by atoms with van der Waals surface area (Å²) in [5.74, 6) is -2.57. The van der Waals surface area contributed by atoms with E-state index in [2.05, 4.69) is 16.1 Å². The molecule has 0 aliphatic heterocycles. The molecule has 10 nitrogen and oxygen atoms in total. The van der Waals surface area contributed by atoms with E-state index in [0.29, 0.717) is 6.07 Å². The van der Waals surface area contributed by atoms with Gasteiger partial charge in [0.1, 0.15) is 6.04 Å². The van der Waals surface area contributed by atoms with Crippen molar-refractivity contribution in [1.82, 2.24) is 15.8 Å². The summed E-state index contributed by atoms with van der Waals surface area (Å²) in [6.07, 6.45) is -10.1. The molecular formula is C25H31F6N7O3. The number of halogens is 6. The number of rotatable bonds is 13. The number of nitrogens with zero attached hydrogens (tertiary/aromatic N) is 1. The first-order valence-electron chi connectivity index (χ1n) is 12.3. The van der Waals surface area contributed by atoms with Crippen molar-refractivity contribution in [2.45, 2.75) is 37.3 Å². The van der Waals surface area contributed by atoms with Gasteiger partial charge in [0.25, 0.3) is 0 Å². The summed E-state index contributed by atoms with van der Waals surface area (Å²) in [5, 5.41) is 6.03. The molecule has 0 heterocycles. The molecule has 0 fully saturated rings. The standard InChI is InChI=1S/C25H31F6N7O3/c26-24(27,28)16-6-4-15(5-7-16)12-20(23(41)35-18-3-1-2-17(13-18)25(29,30)31)36-22(40)19(34)14-21(39)37-38(10-8-32)11-9-33/h1-7,13,19-20H,8-12,14,32-34H2,(H,35,41)(H,36,40)(H,37,39). The monoisotopic (exact) mass is 591 g/mol. The molecule has 2 aromatic carbocycles. The smallest absolute Gasteiger partial charge is 0.343 e. The Bertz CT molecular complexity index is 1170. The molecule has 2 atom stereocenters. The minimum absolute atomic E-state index is 0.202. The van der Waals surface area contributed by atoms with Gasteiger partial charge in [-0.25, -0.2) is 5.01 Å². The van der Waals surface area contributed by atoms with Gasteiger partial charge in [0.05, 0.1) is 23.6 Å². The van der Waals surface area contributed by atoms with Crippen molar-refractivity contribution in [3.05, 3.63) is 65.2 Å². The van der Waals surface area contributed by atoms with Crippen molar-refractivity contribution >= 4 is 23.4 Å². The molecular weight excluding hydrogens is 560 g/mol. The van der Waals surface area contributed by atoms with Gasteiger partial charge in [0, 0.05) is 38.3 Å². The van der Waals surface area contributed by atoms with Crippen LogP contribution >= 0.6 is 0 Å². The van der Waals surface area contributed by atoms with Crippen LogP contribution in [0, 0.1) is 0 Å². The minimum atomic E-state index is -4.69. The van der Waals surface area contributed by atoms with Gasteiger partial charge < -0.3 is 27.8 Å². The van der Waals surface area contributed by atoms with E-state index < -0.39 is 59.7 Å². The van der Waals surface area contributed by atoms with Crippen LogP contribution in [0.15, 0.2) is 48.5 Å². The number of anilines is 1. The minimum Gasteiger partial charge on any atom is -0.343 e. The van der Waals surface area contributed by atoms with Crippen LogP contribution in [0.4, 0.5) is 32.0 Å². The molecule has 0 aliphatic rings. The summed E-state index contributed by atoms with van der Waals surface area (Å²) < 4.78 is 78.1. The maximum absolute atomic E-state index is 13.1. The lowest BCUT2D eigenvalue weighted by Crippen LogP contribution is -2.53. The summed E-state index contributed by atoms with van der Waals surface area (Å²) in [7, 11) is 0. The highest BCUT2D eigenvalue weighted by Crippen LogP contribution is 2.31. The average molecular weight is 592 g/mol. The van der Waals surface area contributed by atoms with Gasteiger partial charge in [-0.3, -0.25) is 19.8 Å². The Morgan fingerprint density at radius 3 is 1.95 bits per heavy atom. The highest BCUT2D eigenvalue weighted by atomic mass is 19.4. The molecule has 0 aliphatic carbocycles. The topological polar surface area (TPSA) is 169 Å². The van der Waals surface area contributed by atoms with E-state index in [9.17, 15) is 40.7 Å². The maximum Gasteiger partial charge on any atom is 0.416 e. The van der Waals surface area contributed by atoms with Gasteiger partial charge in [-0.2, -0.15) is 26.3 Å². The Hall–Kier alpha value is -3.73. The van der Waals surface area contributed by atoms with Crippen molar-refractivity contribution in [3.63, 3.8) is 0 Å². The molecule has 3 amide bonds. The zero-order valence-corrected chi connectivity index (χ0v) is 21.7. The predicted octanol–water partition coefficient (Wildman–Crippen LogP) is 1.36. The van der Waals surface area contributed by atoms with Gasteiger partial charge >= 0.3 is 12.4 Å². The largest absolute Gasteiger partial charge is 0.416 e. The summed E-state index contributed by atoms with van der Waals surface area (Å²) in [6, 6.07) is 4.55. The van der Waals surface area contributed by atoms with Gasteiger partial charge in [-0.1, -0.05) is 18.2 Å². The summed E-state index contributed by atoms with van der Waals surface area (Å²) in [5.41, 5.74) is 17.3. The second-order valence-electron chi connectivity index (χ2n) is 8.94. The summed E-state index contributed by atoms with van der Waals surface area (Å²) >= 11 is 0. The average Bonchev–Trinajstić information content (AvgIpc) is 2.88. The number of hydrazine groups is 1. The second-order valence-corrected chi connectivity index (χ2v) is 8.94. The Labute approximate surface area is 231 Å². The Kier molecular flexibility index (Phi) is 12.1. The third-order valence-corrected chi connectivity index (χ3v) is 5.63. The van der Waals surface area contributed by atoms with Crippen LogP contribution in [-0.2, 0) is 33.2 Å². The zero-order valence-electron chi connectivity index (χ0n) is 21.7. The van der Waals surface area contributed by atoms with Crippen LogP contribution in [0.5, 0.6) is 0 Å². The number of hydrogen-bond donors (Lipinski definition) is 6. The van der Waals surface area contributed by atoms with E-state index in [1.165, 1.54) is 11.1 Å². The normalized spacial score (nSPS) is 13.4. The van der Waals surface area contributed by atoms with E-state index in [-0.39, 0.29) is 43.9 Å². The highest BCUT2D eigenvalue weighted by molar-refractivity contribution is 5.98. The fourth-order valence-corrected chi connectivity index (χ4v) is 3.61. The molecule has 0 saturated carbocycles. The molecule has 0 spiro atoms. The fourth-order valence-electron chi connectivity index (χ4n) is 3.61. The van der Waals surface area contributed by atoms with Crippen molar-refractivity contribution < 1.29 is 40.7 Å². The van der Waals surface area contributed by atoms with Gasteiger partial charge in [0.2, 0.25) is 17.7 Å². The molecule has 0 saturated heterocycles. The van der Waals surface area contributed by atoms with E-state index in [1.54, 1.807) is 0 Å². The maximum atomic E-state index is 13.1. The Balaban J connectivity index is 2.20. The van der Waals surface area contributed by atoms with Crippen LogP contribution in [0.3, 0.4) is 0 Å². The van der Waals surface area contributed by atoms with Gasteiger partial charge in [-0.15, -0.1) is 0 Å². The first kappa shape index (κ1) is 33.5. The lowest BCUT2D eigenvalue weighted by Gasteiger charge is -2.24. The third kappa shape index (κ3) is 11.0. The van der Waals surface area contributed by atoms with Crippen molar-refractivity contribution in [1.29, 1.82) is 0 Å². The lowest BCUT2D eigenvalue weighted by molar-refractivity contribution is -0.138. The Morgan fingerprint density at radius 1 is 0.829 bits per heavy atom. The van der Waals surface area contributed by atoms with Crippen molar-refractivity contribution in [3.8, 4) is 0 Å². The quantitative estimate of drug-likeness (QED) is 0.151. The summed E-state index contributed by atoms with van der Waals surface area (Å²) in [4.78, 5) is 38.2.